The Morgan fingerprint density at radius 2 is 1.72 bits per heavy atom. The van der Waals surface area contributed by atoms with Crippen LogP contribution in [0.15, 0.2) is 48.5 Å². The number of nitrogens with zero attached hydrogens (tertiary/aromatic N) is 3. The maximum absolute atomic E-state index is 12.5. The second kappa shape index (κ2) is 8.64. The smallest absolute Gasteiger partial charge is 0.328 e. The summed E-state index contributed by atoms with van der Waals surface area (Å²) in [7, 11) is 0. The number of carbonyl (C=O) groups excluding carboxylic acids is 3. The molecule has 2 aromatic carbocycles. The molecule has 0 aliphatic rings. The number of Topliss-reactive ketones (excluding diaryl/α,β-unsaturated/α-hetero) is 1. The molecular formula is C21H22N4O4. The summed E-state index contributed by atoms with van der Waals surface area (Å²) < 4.78 is 6.70. The van der Waals surface area contributed by atoms with Crippen molar-refractivity contribution in [2.75, 3.05) is 5.32 Å². The monoisotopic (exact) mass is 394 g/mol. The quantitative estimate of drug-likeness (QED) is 0.488. The first-order valence-electron chi connectivity index (χ1n) is 9.28. The summed E-state index contributed by atoms with van der Waals surface area (Å²) in [6.07, 6.45) is -0.951. The van der Waals surface area contributed by atoms with E-state index < -0.39 is 12.1 Å². The highest BCUT2D eigenvalue weighted by molar-refractivity contribution is 6.01. The number of hydrogen-bond donors (Lipinski definition) is 1. The van der Waals surface area contributed by atoms with Gasteiger partial charge in [0.05, 0.1) is 5.52 Å². The maximum Gasteiger partial charge on any atom is 0.328 e. The van der Waals surface area contributed by atoms with Crippen LogP contribution in [0.3, 0.4) is 0 Å². The molecule has 0 aliphatic heterocycles. The Morgan fingerprint density at radius 3 is 2.41 bits per heavy atom. The fourth-order valence-electron chi connectivity index (χ4n) is 2.68. The highest BCUT2D eigenvalue weighted by atomic mass is 16.5. The number of rotatable bonds is 7. The molecule has 0 saturated heterocycles. The lowest BCUT2D eigenvalue weighted by atomic mass is 10.1. The lowest BCUT2D eigenvalue weighted by Crippen LogP contribution is -2.26. The van der Waals surface area contributed by atoms with E-state index in [4.69, 9.17) is 4.74 Å². The summed E-state index contributed by atoms with van der Waals surface area (Å²) in [5.41, 5.74) is 2.37. The number of amides is 1. The van der Waals surface area contributed by atoms with Crippen molar-refractivity contribution in [3.63, 3.8) is 0 Å². The van der Waals surface area contributed by atoms with Crippen LogP contribution in [0.4, 0.5) is 5.69 Å². The van der Waals surface area contributed by atoms with Crippen molar-refractivity contribution >= 4 is 34.4 Å². The number of para-hydroxylation sites is 1. The number of esters is 1. The van der Waals surface area contributed by atoms with Gasteiger partial charge in [0.15, 0.2) is 6.10 Å². The SMILES string of the molecule is CC(C)C(=O)Nc1ccc(C(=O)C(C)OC(=O)Cn2nnc3ccccc32)cc1. The Balaban J connectivity index is 1.59. The molecule has 0 aliphatic carbocycles. The molecule has 29 heavy (non-hydrogen) atoms. The Bertz CT molecular complexity index is 1040. The van der Waals surface area contributed by atoms with E-state index in [1.165, 1.54) is 11.6 Å². The molecule has 0 spiro atoms. The molecule has 1 atom stereocenters. The Morgan fingerprint density at radius 1 is 1.03 bits per heavy atom. The fourth-order valence-corrected chi connectivity index (χ4v) is 2.68. The van der Waals surface area contributed by atoms with Crippen LogP contribution in [0.1, 0.15) is 31.1 Å². The number of hydrogen-bond acceptors (Lipinski definition) is 6. The van der Waals surface area contributed by atoms with Gasteiger partial charge in [-0.25, -0.2) is 4.68 Å². The highest BCUT2D eigenvalue weighted by Gasteiger charge is 2.20. The fraction of sp³-hybridized carbons (Fsp3) is 0.286. The van der Waals surface area contributed by atoms with Gasteiger partial charge in [-0.2, -0.15) is 0 Å². The van der Waals surface area contributed by atoms with Crippen molar-refractivity contribution in [3.05, 3.63) is 54.1 Å². The summed E-state index contributed by atoms with van der Waals surface area (Å²) in [5, 5.41) is 10.7. The van der Waals surface area contributed by atoms with Gasteiger partial charge in [0.1, 0.15) is 12.1 Å². The second-order valence-corrected chi connectivity index (χ2v) is 6.95. The van der Waals surface area contributed by atoms with Crippen LogP contribution in [-0.4, -0.2) is 38.8 Å². The molecule has 1 N–H and O–H groups in total. The normalized spacial score (nSPS) is 12.0. The second-order valence-electron chi connectivity index (χ2n) is 6.95. The summed E-state index contributed by atoms with van der Waals surface area (Å²) in [4.78, 5) is 36.5. The standard InChI is InChI=1S/C21H22N4O4/c1-13(2)21(28)22-16-10-8-15(9-11-16)20(27)14(3)29-19(26)12-25-18-7-5-4-6-17(18)23-24-25/h4-11,13-14H,12H2,1-3H3,(H,22,28). The zero-order valence-corrected chi connectivity index (χ0v) is 16.5. The Hall–Kier alpha value is -3.55. The van der Waals surface area contributed by atoms with E-state index >= 15 is 0 Å². The topological polar surface area (TPSA) is 103 Å². The number of ether oxygens (including phenoxy) is 1. The minimum Gasteiger partial charge on any atom is -0.453 e. The van der Waals surface area contributed by atoms with E-state index in [0.717, 1.165) is 0 Å². The van der Waals surface area contributed by atoms with Crippen LogP contribution >= 0.6 is 0 Å². The molecule has 8 heteroatoms. The van der Waals surface area contributed by atoms with Crippen molar-refractivity contribution in [2.45, 2.75) is 33.4 Å². The van der Waals surface area contributed by atoms with Crippen LogP contribution in [0, 0.1) is 5.92 Å². The first kappa shape index (κ1) is 20.2. The van der Waals surface area contributed by atoms with Crippen molar-refractivity contribution in [2.24, 2.45) is 5.92 Å². The number of aromatic nitrogens is 3. The van der Waals surface area contributed by atoms with Crippen molar-refractivity contribution < 1.29 is 19.1 Å². The molecule has 1 unspecified atom stereocenters. The molecule has 3 aromatic rings. The van der Waals surface area contributed by atoms with Crippen molar-refractivity contribution in [1.82, 2.24) is 15.0 Å². The highest BCUT2D eigenvalue weighted by Crippen LogP contribution is 2.14. The average molecular weight is 394 g/mol. The van der Waals surface area contributed by atoms with Gasteiger partial charge in [0.2, 0.25) is 11.7 Å². The number of benzene rings is 2. The Labute approximate surface area is 167 Å². The third kappa shape index (κ3) is 4.84. The van der Waals surface area contributed by atoms with Gasteiger partial charge in [0, 0.05) is 17.2 Å². The van der Waals surface area contributed by atoms with E-state index in [2.05, 4.69) is 15.6 Å². The molecule has 0 bridgehead atoms. The largest absolute Gasteiger partial charge is 0.453 e. The molecule has 8 nitrogen and oxygen atoms in total. The minimum atomic E-state index is -0.951. The molecule has 0 fully saturated rings. The lowest BCUT2D eigenvalue weighted by molar-refractivity contribution is -0.147. The van der Waals surface area contributed by atoms with E-state index in [1.54, 1.807) is 50.2 Å². The zero-order chi connectivity index (χ0) is 21.0. The van der Waals surface area contributed by atoms with Gasteiger partial charge in [-0.15, -0.1) is 5.10 Å². The maximum atomic E-state index is 12.5. The molecule has 3 rings (SSSR count). The van der Waals surface area contributed by atoms with Crippen LogP contribution in [0.2, 0.25) is 0 Å². The molecule has 1 heterocycles. The van der Waals surface area contributed by atoms with Crippen LogP contribution in [0.25, 0.3) is 11.0 Å². The van der Waals surface area contributed by atoms with Crippen molar-refractivity contribution in [3.8, 4) is 0 Å². The first-order chi connectivity index (χ1) is 13.8. The summed E-state index contributed by atoms with van der Waals surface area (Å²) in [5.74, 6) is -1.16. The number of fused-ring (bicyclic) bond motifs is 1. The van der Waals surface area contributed by atoms with E-state index in [9.17, 15) is 14.4 Å². The first-order valence-corrected chi connectivity index (χ1v) is 9.28. The predicted molar refractivity (Wildman–Crippen MR) is 107 cm³/mol. The molecular weight excluding hydrogens is 372 g/mol. The minimum absolute atomic E-state index is 0.105. The third-order valence-corrected chi connectivity index (χ3v) is 4.34. The van der Waals surface area contributed by atoms with Gasteiger partial charge < -0.3 is 10.1 Å². The summed E-state index contributed by atoms with van der Waals surface area (Å²) in [6.45, 7) is 4.98. The third-order valence-electron chi connectivity index (χ3n) is 4.34. The predicted octanol–water partition coefficient (Wildman–Crippen LogP) is 2.84. The van der Waals surface area contributed by atoms with Gasteiger partial charge in [-0.05, 0) is 43.3 Å². The molecule has 0 saturated carbocycles. The zero-order valence-electron chi connectivity index (χ0n) is 16.5. The van der Waals surface area contributed by atoms with E-state index in [-0.39, 0.29) is 24.2 Å². The van der Waals surface area contributed by atoms with Gasteiger partial charge in [-0.1, -0.05) is 31.2 Å². The number of nitrogens with one attached hydrogen (secondary N) is 1. The summed E-state index contributed by atoms with van der Waals surface area (Å²) >= 11 is 0. The van der Waals surface area contributed by atoms with Crippen LogP contribution in [-0.2, 0) is 20.9 Å². The van der Waals surface area contributed by atoms with E-state index in [1.807, 2.05) is 12.1 Å². The van der Waals surface area contributed by atoms with Gasteiger partial charge in [0.25, 0.3) is 0 Å². The number of ketones is 1. The number of anilines is 1. The Kier molecular flexibility index (Phi) is 6.01. The molecule has 1 aromatic heterocycles. The lowest BCUT2D eigenvalue weighted by Gasteiger charge is -2.13. The summed E-state index contributed by atoms with van der Waals surface area (Å²) in [6, 6.07) is 13.7. The van der Waals surface area contributed by atoms with Crippen LogP contribution in [0.5, 0.6) is 0 Å². The molecule has 1 amide bonds. The van der Waals surface area contributed by atoms with Crippen molar-refractivity contribution in [1.29, 1.82) is 0 Å². The molecule has 0 radical (unpaired) electrons. The molecule has 150 valence electrons. The van der Waals surface area contributed by atoms with Crippen LogP contribution < -0.4 is 5.32 Å². The van der Waals surface area contributed by atoms with E-state index in [0.29, 0.717) is 22.3 Å². The van der Waals surface area contributed by atoms with Gasteiger partial charge in [-0.3, -0.25) is 14.4 Å². The number of carbonyl (C=O) groups is 3. The van der Waals surface area contributed by atoms with Gasteiger partial charge >= 0.3 is 5.97 Å². The average Bonchev–Trinajstić information content (AvgIpc) is 3.10.